The van der Waals surface area contributed by atoms with Gasteiger partial charge in [0.25, 0.3) is 0 Å². The topological polar surface area (TPSA) is 31.0 Å². The molecule has 0 saturated heterocycles. The van der Waals surface area contributed by atoms with Crippen molar-refractivity contribution in [1.29, 1.82) is 0 Å². The van der Waals surface area contributed by atoms with Gasteiger partial charge in [0, 0.05) is 33.7 Å². The standard InChI is InChI=1S/C35H24N2O/c1-2-9-23(10-3-1)30-13-8-16-35(36-30)37-31-14-6-4-11-26(31)28-21-24(17-19-32(28)37)25-18-20-34-29(22-25)27-12-5-7-15-33(27)38-34/h1-6,8-14,16-22H,7,15H2. The molecule has 3 nitrogen and oxygen atoms in total. The van der Waals surface area contributed by atoms with Gasteiger partial charge in [-0.2, -0.15) is 0 Å². The van der Waals surface area contributed by atoms with Crippen LogP contribution in [0.4, 0.5) is 0 Å². The third-order valence-corrected chi connectivity index (χ3v) is 7.66. The maximum absolute atomic E-state index is 6.14. The van der Waals surface area contributed by atoms with Crippen LogP contribution in [0, 0.1) is 0 Å². The van der Waals surface area contributed by atoms with E-state index in [2.05, 4.69) is 120 Å². The zero-order chi connectivity index (χ0) is 25.1. The van der Waals surface area contributed by atoms with Crippen molar-refractivity contribution in [3.05, 3.63) is 127 Å². The second kappa shape index (κ2) is 8.32. The molecule has 0 fully saturated rings. The number of para-hydroxylation sites is 1. The molecule has 0 unspecified atom stereocenters. The number of rotatable bonds is 3. The van der Waals surface area contributed by atoms with Crippen LogP contribution in [0.25, 0.3) is 67.1 Å². The van der Waals surface area contributed by atoms with Crippen molar-refractivity contribution >= 4 is 38.9 Å². The molecule has 3 heterocycles. The number of pyridine rings is 1. The Hall–Kier alpha value is -4.89. The molecule has 38 heavy (non-hydrogen) atoms. The Morgan fingerprint density at radius 2 is 1.42 bits per heavy atom. The van der Waals surface area contributed by atoms with E-state index in [0.717, 1.165) is 52.3 Å². The Kier molecular flexibility index (Phi) is 4.65. The first-order valence-corrected chi connectivity index (χ1v) is 13.1. The molecule has 0 aliphatic heterocycles. The van der Waals surface area contributed by atoms with E-state index in [0.29, 0.717) is 0 Å². The van der Waals surface area contributed by atoms with Crippen molar-refractivity contribution in [2.75, 3.05) is 0 Å². The first-order chi connectivity index (χ1) is 18.8. The summed E-state index contributed by atoms with van der Waals surface area (Å²) < 4.78 is 8.42. The van der Waals surface area contributed by atoms with Crippen LogP contribution in [-0.2, 0) is 6.42 Å². The number of furan rings is 1. The summed E-state index contributed by atoms with van der Waals surface area (Å²) in [5.74, 6) is 2.02. The second-order valence-corrected chi connectivity index (χ2v) is 9.92. The van der Waals surface area contributed by atoms with Gasteiger partial charge in [-0.15, -0.1) is 0 Å². The number of benzene rings is 4. The number of allylic oxidation sites excluding steroid dienone is 1. The largest absolute Gasteiger partial charge is 0.460 e. The second-order valence-electron chi connectivity index (χ2n) is 9.92. The van der Waals surface area contributed by atoms with Gasteiger partial charge in [0.15, 0.2) is 0 Å². The fraction of sp³-hybridized carbons (Fsp3) is 0.0571. The summed E-state index contributed by atoms with van der Waals surface area (Å²) in [5, 5.41) is 3.64. The molecule has 3 heteroatoms. The molecule has 7 aromatic rings. The van der Waals surface area contributed by atoms with Crippen LogP contribution in [0.2, 0.25) is 0 Å². The minimum atomic E-state index is 0.920. The summed E-state index contributed by atoms with van der Waals surface area (Å²) in [7, 11) is 0. The van der Waals surface area contributed by atoms with E-state index in [4.69, 9.17) is 9.40 Å². The lowest BCUT2D eigenvalue weighted by atomic mass is 9.98. The molecule has 0 atom stereocenters. The maximum atomic E-state index is 6.14. The highest BCUT2D eigenvalue weighted by molar-refractivity contribution is 6.10. The van der Waals surface area contributed by atoms with Gasteiger partial charge in [-0.05, 0) is 60.0 Å². The minimum Gasteiger partial charge on any atom is -0.460 e. The molecule has 0 N–H and O–H groups in total. The van der Waals surface area contributed by atoms with Crippen LogP contribution < -0.4 is 0 Å². The molecule has 4 aromatic carbocycles. The van der Waals surface area contributed by atoms with Gasteiger partial charge in [-0.3, -0.25) is 4.57 Å². The van der Waals surface area contributed by atoms with E-state index in [1.807, 2.05) is 6.07 Å². The zero-order valence-electron chi connectivity index (χ0n) is 20.8. The van der Waals surface area contributed by atoms with E-state index >= 15 is 0 Å². The highest BCUT2D eigenvalue weighted by Gasteiger charge is 2.17. The molecule has 8 rings (SSSR count). The third-order valence-electron chi connectivity index (χ3n) is 7.66. The molecule has 0 saturated carbocycles. The maximum Gasteiger partial charge on any atom is 0.138 e. The van der Waals surface area contributed by atoms with Crippen LogP contribution in [0.1, 0.15) is 17.7 Å². The molecule has 0 bridgehead atoms. The van der Waals surface area contributed by atoms with Crippen LogP contribution in [-0.4, -0.2) is 9.55 Å². The molecule has 0 amide bonds. The van der Waals surface area contributed by atoms with Crippen molar-refractivity contribution in [2.45, 2.75) is 12.8 Å². The van der Waals surface area contributed by atoms with Crippen molar-refractivity contribution in [1.82, 2.24) is 9.55 Å². The zero-order valence-corrected chi connectivity index (χ0v) is 20.8. The Bertz CT molecular complexity index is 2020. The highest BCUT2D eigenvalue weighted by Crippen LogP contribution is 2.37. The molecule has 0 radical (unpaired) electrons. The van der Waals surface area contributed by atoms with Gasteiger partial charge in [-0.1, -0.05) is 78.9 Å². The summed E-state index contributed by atoms with van der Waals surface area (Å²) >= 11 is 0. The minimum absolute atomic E-state index is 0.920. The summed E-state index contributed by atoms with van der Waals surface area (Å²) in [5.41, 5.74) is 8.98. The summed E-state index contributed by atoms with van der Waals surface area (Å²) in [6.07, 6.45) is 6.47. The quantitative estimate of drug-likeness (QED) is 0.248. The Balaban J connectivity index is 1.31. The SMILES string of the molecule is C1=Cc2c(oc3ccc(-c4ccc5c(c4)c4ccccc4n5-c4cccc(-c5ccccc5)n4)cc23)CC1. The smallest absolute Gasteiger partial charge is 0.138 e. The molecule has 180 valence electrons. The molecule has 1 aliphatic rings. The Labute approximate surface area is 220 Å². The van der Waals surface area contributed by atoms with Crippen LogP contribution in [0.15, 0.2) is 120 Å². The Morgan fingerprint density at radius 1 is 0.632 bits per heavy atom. The lowest BCUT2D eigenvalue weighted by molar-refractivity contribution is 0.546. The average molecular weight is 489 g/mol. The van der Waals surface area contributed by atoms with Crippen LogP contribution in [0.3, 0.4) is 0 Å². The fourth-order valence-electron chi connectivity index (χ4n) is 5.85. The van der Waals surface area contributed by atoms with E-state index in [1.54, 1.807) is 0 Å². The van der Waals surface area contributed by atoms with Crippen molar-refractivity contribution in [3.63, 3.8) is 0 Å². The summed E-state index contributed by atoms with van der Waals surface area (Å²) in [6, 6.07) is 38.6. The van der Waals surface area contributed by atoms with Crippen LogP contribution in [0.5, 0.6) is 0 Å². The van der Waals surface area contributed by atoms with Gasteiger partial charge in [0.05, 0.1) is 16.7 Å². The van der Waals surface area contributed by atoms with Crippen LogP contribution >= 0.6 is 0 Å². The van der Waals surface area contributed by atoms with Crippen molar-refractivity contribution < 1.29 is 4.42 Å². The molecule has 0 spiro atoms. The number of aromatic nitrogens is 2. The summed E-state index contributed by atoms with van der Waals surface area (Å²) in [4.78, 5) is 5.08. The number of fused-ring (bicyclic) bond motifs is 6. The first-order valence-electron chi connectivity index (χ1n) is 13.1. The molecular formula is C35H24N2O. The van der Waals surface area contributed by atoms with E-state index in [-0.39, 0.29) is 0 Å². The van der Waals surface area contributed by atoms with E-state index < -0.39 is 0 Å². The van der Waals surface area contributed by atoms with Gasteiger partial charge in [0.1, 0.15) is 17.2 Å². The van der Waals surface area contributed by atoms with Gasteiger partial charge in [-0.25, -0.2) is 4.98 Å². The molecular weight excluding hydrogens is 464 g/mol. The monoisotopic (exact) mass is 488 g/mol. The average Bonchev–Trinajstić information content (AvgIpc) is 3.53. The normalized spacial score (nSPS) is 12.9. The number of aryl methyl sites for hydroxylation is 1. The van der Waals surface area contributed by atoms with Gasteiger partial charge >= 0.3 is 0 Å². The van der Waals surface area contributed by atoms with E-state index in [1.165, 1.54) is 32.8 Å². The molecule has 1 aliphatic carbocycles. The lowest BCUT2D eigenvalue weighted by Crippen LogP contribution is -1.98. The predicted octanol–water partition coefficient (Wildman–Crippen LogP) is 9.22. The lowest BCUT2D eigenvalue weighted by Gasteiger charge is -2.09. The summed E-state index contributed by atoms with van der Waals surface area (Å²) in [6.45, 7) is 0. The predicted molar refractivity (Wildman–Crippen MR) is 157 cm³/mol. The fourth-order valence-corrected chi connectivity index (χ4v) is 5.85. The number of hydrogen-bond acceptors (Lipinski definition) is 2. The first kappa shape index (κ1) is 21.2. The molecule has 3 aromatic heterocycles. The number of hydrogen-bond donors (Lipinski definition) is 0. The highest BCUT2D eigenvalue weighted by atomic mass is 16.3. The van der Waals surface area contributed by atoms with Gasteiger partial charge < -0.3 is 4.42 Å². The third kappa shape index (κ3) is 3.25. The Morgan fingerprint density at radius 3 is 2.34 bits per heavy atom. The van der Waals surface area contributed by atoms with Gasteiger partial charge in [0.2, 0.25) is 0 Å². The van der Waals surface area contributed by atoms with Crippen molar-refractivity contribution in [3.8, 4) is 28.2 Å². The number of nitrogens with zero attached hydrogens (tertiary/aromatic N) is 2. The van der Waals surface area contributed by atoms with Crippen molar-refractivity contribution in [2.24, 2.45) is 0 Å². The van der Waals surface area contributed by atoms with E-state index in [9.17, 15) is 0 Å².